The number of rotatable bonds is 15. The summed E-state index contributed by atoms with van der Waals surface area (Å²) in [6, 6.07) is 0. The van der Waals surface area contributed by atoms with Gasteiger partial charge in [-0.15, -0.1) is 0 Å². The van der Waals surface area contributed by atoms with Crippen LogP contribution >= 0.6 is 0 Å². The zero-order valence-electron chi connectivity index (χ0n) is 18.4. The largest absolute Gasteiger partial charge is 0.390 e. The molecule has 27 heavy (non-hydrogen) atoms. The number of ether oxygens (including phenoxy) is 2. The predicted molar refractivity (Wildman–Crippen MR) is 109 cm³/mol. The highest BCUT2D eigenvalue weighted by atomic mass is 16.5. The van der Waals surface area contributed by atoms with Crippen molar-refractivity contribution in [1.82, 2.24) is 0 Å². The normalized spacial score (nSPS) is 21.0. The molecule has 6 nitrogen and oxygen atoms in total. The quantitative estimate of drug-likeness (QED) is 0.322. The predicted octanol–water partition coefficient (Wildman–Crippen LogP) is 3.02. The van der Waals surface area contributed by atoms with Crippen LogP contribution in [0.25, 0.3) is 0 Å². The lowest BCUT2D eigenvalue weighted by Crippen LogP contribution is -2.45. The molecule has 0 radical (unpaired) electrons. The molecule has 4 unspecified atom stereocenters. The topological polar surface area (TPSA) is 103 Å². The Hall–Kier alpha value is -0.530. The third kappa shape index (κ3) is 9.48. The molecule has 0 aliphatic heterocycles. The minimum Gasteiger partial charge on any atom is -0.390 e. The Bertz CT molecular complexity index is 411. The van der Waals surface area contributed by atoms with Crippen molar-refractivity contribution in [2.75, 3.05) is 20.8 Å². The van der Waals surface area contributed by atoms with Gasteiger partial charge in [0.25, 0.3) is 0 Å². The van der Waals surface area contributed by atoms with E-state index in [1.165, 1.54) is 7.11 Å². The molecule has 0 spiro atoms. The summed E-state index contributed by atoms with van der Waals surface area (Å²) in [4.78, 5) is 0. The van der Waals surface area contributed by atoms with E-state index in [0.29, 0.717) is 30.9 Å². The average molecular weight is 390 g/mol. The molecule has 0 aliphatic rings. The van der Waals surface area contributed by atoms with Crippen LogP contribution in [0.3, 0.4) is 0 Å². The monoisotopic (exact) mass is 389 g/mol. The summed E-state index contributed by atoms with van der Waals surface area (Å²) in [6.45, 7) is 10.2. The molecule has 0 amide bonds. The second-order valence-electron chi connectivity index (χ2n) is 8.46. The van der Waals surface area contributed by atoms with Crippen molar-refractivity contribution in [3.05, 3.63) is 0 Å². The van der Waals surface area contributed by atoms with E-state index in [1.807, 2.05) is 20.8 Å². The van der Waals surface area contributed by atoms with Crippen molar-refractivity contribution in [2.45, 2.75) is 90.6 Å². The Labute approximate surface area is 165 Å². The van der Waals surface area contributed by atoms with Crippen molar-refractivity contribution in [3.63, 3.8) is 0 Å². The molecule has 0 aliphatic carbocycles. The maximum Gasteiger partial charge on any atom is 0.107 e. The van der Waals surface area contributed by atoms with Crippen LogP contribution < -0.4 is 0 Å². The Morgan fingerprint density at radius 3 is 2.19 bits per heavy atom. The first-order valence-corrected chi connectivity index (χ1v) is 10.2. The van der Waals surface area contributed by atoms with Crippen molar-refractivity contribution < 1.29 is 24.8 Å². The first-order valence-electron chi connectivity index (χ1n) is 10.2. The summed E-state index contributed by atoms with van der Waals surface area (Å²) in [5, 5.41) is 39.9. The molecule has 0 aromatic rings. The summed E-state index contributed by atoms with van der Waals surface area (Å²) in [5.41, 5.74) is -0.513. The number of nitrogens with one attached hydrogen (secondary N) is 1. The fraction of sp³-hybridized carbons (Fsp3) is 0.952. The fourth-order valence-corrected chi connectivity index (χ4v) is 3.77. The molecule has 0 fully saturated rings. The van der Waals surface area contributed by atoms with Gasteiger partial charge < -0.3 is 30.2 Å². The molecular weight excluding hydrogens is 346 g/mol. The van der Waals surface area contributed by atoms with Gasteiger partial charge in [0, 0.05) is 32.5 Å². The Balaban J connectivity index is 4.64. The molecule has 0 saturated carbocycles. The van der Waals surface area contributed by atoms with Gasteiger partial charge in [0.05, 0.1) is 17.8 Å². The molecule has 0 heterocycles. The van der Waals surface area contributed by atoms with Gasteiger partial charge in [-0.25, -0.2) is 0 Å². The summed E-state index contributed by atoms with van der Waals surface area (Å²) in [7, 11) is 3.20. The van der Waals surface area contributed by atoms with E-state index in [4.69, 9.17) is 14.9 Å². The maximum atomic E-state index is 10.7. The summed E-state index contributed by atoms with van der Waals surface area (Å²) in [5.74, 6) is -0.224. The third-order valence-corrected chi connectivity index (χ3v) is 5.58. The Morgan fingerprint density at radius 2 is 1.70 bits per heavy atom. The van der Waals surface area contributed by atoms with E-state index in [0.717, 1.165) is 19.4 Å². The molecule has 0 aromatic carbocycles. The highest BCUT2D eigenvalue weighted by Gasteiger charge is 2.34. The fourth-order valence-electron chi connectivity index (χ4n) is 3.77. The van der Waals surface area contributed by atoms with E-state index in [9.17, 15) is 15.3 Å². The van der Waals surface area contributed by atoms with Gasteiger partial charge in [-0.1, -0.05) is 34.1 Å². The van der Waals surface area contributed by atoms with Gasteiger partial charge >= 0.3 is 0 Å². The van der Waals surface area contributed by atoms with Crippen LogP contribution in [0.5, 0.6) is 0 Å². The number of aliphatic hydroxyl groups is 3. The zero-order chi connectivity index (χ0) is 21.2. The smallest absolute Gasteiger partial charge is 0.107 e. The molecule has 0 saturated heterocycles. The van der Waals surface area contributed by atoms with Gasteiger partial charge in [-0.05, 0) is 44.4 Å². The van der Waals surface area contributed by atoms with Crippen LogP contribution in [0, 0.1) is 23.2 Å². The van der Waals surface area contributed by atoms with Gasteiger partial charge in [-0.3, -0.25) is 0 Å². The second kappa shape index (κ2) is 12.8. The molecule has 0 rings (SSSR count). The SMILES string of the molecule is CC[C@@H](OC)C(O)C(O)C(C)C(=N)[C@H](C)C[C@@](C)(O)CCCC(C)COC. The maximum absolute atomic E-state index is 10.7. The van der Waals surface area contributed by atoms with Crippen molar-refractivity contribution in [3.8, 4) is 0 Å². The van der Waals surface area contributed by atoms with Crippen LogP contribution in [0.2, 0.25) is 0 Å². The second-order valence-corrected chi connectivity index (χ2v) is 8.46. The summed E-state index contributed by atoms with van der Waals surface area (Å²) >= 11 is 0. The van der Waals surface area contributed by atoms with Crippen LogP contribution in [0.1, 0.15) is 66.7 Å². The van der Waals surface area contributed by atoms with Crippen LogP contribution in [0.4, 0.5) is 0 Å². The lowest BCUT2D eigenvalue weighted by Gasteiger charge is -2.33. The van der Waals surface area contributed by atoms with Crippen molar-refractivity contribution in [2.24, 2.45) is 17.8 Å². The first kappa shape index (κ1) is 26.5. The van der Waals surface area contributed by atoms with E-state index in [-0.39, 0.29) is 5.92 Å². The zero-order valence-corrected chi connectivity index (χ0v) is 18.4. The lowest BCUT2D eigenvalue weighted by atomic mass is 9.80. The first-order chi connectivity index (χ1) is 12.5. The highest BCUT2D eigenvalue weighted by Crippen LogP contribution is 2.27. The standard InChI is InChI=1S/C21H43NO5/c1-8-17(27-7)20(24)19(23)16(4)18(22)15(3)12-21(5,25)11-9-10-14(2)13-26-6/h14-17,19-20,22-25H,8-13H2,1-7H3/t14?,15-,16?,17-,19?,20?,21+/m1/s1. The van der Waals surface area contributed by atoms with Crippen LogP contribution in [0.15, 0.2) is 0 Å². The molecule has 4 N–H and O–H groups in total. The van der Waals surface area contributed by atoms with Gasteiger partial charge in [0.1, 0.15) is 6.10 Å². The van der Waals surface area contributed by atoms with Crippen LogP contribution in [-0.2, 0) is 9.47 Å². The van der Waals surface area contributed by atoms with Gasteiger partial charge in [-0.2, -0.15) is 0 Å². The number of aliphatic hydroxyl groups excluding tert-OH is 2. The lowest BCUT2D eigenvalue weighted by molar-refractivity contribution is -0.0850. The number of hydrogen-bond donors (Lipinski definition) is 4. The molecule has 0 aromatic heterocycles. The number of hydrogen-bond acceptors (Lipinski definition) is 6. The summed E-state index contributed by atoms with van der Waals surface area (Å²) < 4.78 is 10.3. The van der Waals surface area contributed by atoms with E-state index in [1.54, 1.807) is 14.0 Å². The average Bonchev–Trinajstić information content (AvgIpc) is 2.60. The summed E-state index contributed by atoms with van der Waals surface area (Å²) in [6.07, 6.45) is 1.05. The van der Waals surface area contributed by atoms with Crippen molar-refractivity contribution >= 4 is 5.71 Å². The van der Waals surface area contributed by atoms with Crippen LogP contribution in [-0.4, -0.2) is 65.8 Å². The van der Waals surface area contributed by atoms with E-state index < -0.39 is 29.8 Å². The third-order valence-electron chi connectivity index (χ3n) is 5.58. The van der Waals surface area contributed by atoms with Gasteiger partial charge in [0.15, 0.2) is 0 Å². The molecule has 162 valence electrons. The Kier molecular flexibility index (Phi) is 12.6. The molecule has 6 heteroatoms. The molecule has 7 atom stereocenters. The van der Waals surface area contributed by atoms with E-state index in [2.05, 4.69) is 6.92 Å². The minimum absolute atomic E-state index is 0.184. The number of methoxy groups -OCH3 is 2. The Morgan fingerprint density at radius 1 is 1.11 bits per heavy atom. The van der Waals surface area contributed by atoms with Crippen molar-refractivity contribution in [1.29, 1.82) is 5.41 Å². The molecule has 0 bridgehead atoms. The van der Waals surface area contributed by atoms with Gasteiger partial charge in [0.2, 0.25) is 0 Å². The minimum atomic E-state index is -1.07. The highest BCUT2D eigenvalue weighted by molar-refractivity contribution is 5.86. The molecular formula is C21H43NO5. The van der Waals surface area contributed by atoms with E-state index >= 15 is 0 Å².